The molecule has 0 spiro atoms. The van der Waals surface area contributed by atoms with Crippen molar-refractivity contribution in [2.75, 3.05) is 6.61 Å². The fraction of sp³-hybridized carbons (Fsp3) is 0.625. The van der Waals surface area contributed by atoms with Gasteiger partial charge in [0.1, 0.15) is 0 Å². The normalized spacial score (nSPS) is 20.6. The first kappa shape index (κ1) is 9.03. The molecule has 1 aliphatic rings. The van der Waals surface area contributed by atoms with Gasteiger partial charge in [0, 0.05) is 5.41 Å². The van der Waals surface area contributed by atoms with Gasteiger partial charge >= 0.3 is 5.97 Å². The molecule has 0 amide bonds. The Kier molecular flexibility index (Phi) is 2.95. The van der Waals surface area contributed by atoms with Gasteiger partial charge in [0.25, 0.3) is 0 Å². The molecule has 10 heavy (non-hydrogen) atoms. The van der Waals surface area contributed by atoms with E-state index in [0.717, 1.165) is 0 Å². The Bertz CT molecular complexity index is 145. The van der Waals surface area contributed by atoms with E-state index in [-0.39, 0.29) is 11.4 Å². The molecule has 2 heteroatoms. The number of cyclic esters (lactones) is 1. The maximum atomic E-state index is 10.4. The van der Waals surface area contributed by atoms with Crippen LogP contribution in [0.2, 0.25) is 0 Å². The molecule has 0 bridgehead atoms. The van der Waals surface area contributed by atoms with Crippen molar-refractivity contribution in [1.82, 2.24) is 0 Å². The average Bonchev–Trinajstić information content (AvgIpc) is 2.15. The fourth-order valence-electron chi connectivity index (χ4n) is 0.769. The summed E-state index contributed by atoms with van der Waals surface area (Å²) in [5.74, 6) is -0.0602. The first-order valence-corrected chi connectivity index (χ1v) is 3.09. The minimum absolute atomic E-state index is 0.0602. The molecule has 2 nitrogen and oxygen atoms in total. The molecule has 1 aliphatic heterocycles. The SMILES string of the molecule is C#C.CC1(C)COC(=O)C1. The first-order valence-electron chi connectivity index (χ1n) is 3.09. The molecule has 1 fully saturated rings. The van der Waals surface area contributed by atoms with Crippen molar-refractivity contribution in [3.63, 3.8) is 0 Å². The second kappa shape index (κ2) is 3.26. The second-order valence-corrected chi connectivity index (χ2v) is 3.00. The van der Waals surface area contributed by atoms with Gasteiger partial charge in [-0.25, -0.2) is 0 Å². The second-order valence-electron chi connectivity index (χ2n) is 3.00. The van der Waals surface area contributed by atoms with Crippen LogP contribution in [-0.2, 0) is 9.53 Å². The summed E-state index contributed by atoms with van der Waals surface area (Å²) < 4.78 is 4.73. The van der Waals surface area contributed by atoms with E-state index in [2.05, 4.69) is 12.8 Å². The summed E-state index contributed by atoms with van der Waals surface area (Å²) in [5.41, 5.74) is 0.0943. The van der Waals surface area contributed by atoms with Crippen LogP contribution in [-0.4, -0.2) is 12.6 Å². The number of hydrogen-bond donors (Lipinski definition) is 0. The molecule has 0 atom stereocenters. The van der Waals surface area contributed by atoms with Crippen molar-refractivity contribution < 1.29 is 9.53 Å². The number of hydrogen-bond acceptors (Lipinski definition) is 2. The van der Waals surface area contributed by atoms with Crippen LogP contribution >= 0.6 is 0 Å². The third kappa shape index (κ3) is 2.54. The minimum atomic E-state index is -0.0602. The molecular formula is C8H12O2. The van der Waals surface area contributed by atoms with E-state index in [0.29, 0.717) is 13.0 Å². The highest BCUT2D eigenvalue weighted by Gasteiger charge is 2.30. The van der Waals surface area contributed by atoms with Crippen molar-refractivity contribution in [1.29, 1.82) is 0 Å². The lowest BCUT2D eigenvalue weighted by Gasteiger charge is -2.09. The highest BCUT2D eigenvalue weighted by atomic mass is 16.5. The van der Waals surface area contributed by atoms with Gasteiger partial charge in [0.2, 0.25) is 0 Å². The Morgan fingerprint density at radius 2 is 2.00 bits per heavy atom. The molecule has 1 heterocycles. The molecule has 0 N–H and O–H groups in total. The molecule has 0 aromatic carbocycles. The van der Waals surface area contributed by atoms with Crippen LogP contribution in [0.5, 0.6) is 0 Å². The zero-order chi connectivity index (χ0) is 8.20. The van der Waals surface area contributed by atoms with Gasteiger partial charge in [-0.2, -0.15) is 0 Å². The van der Waals surface area contributed by atoms with Crippen molar-refractivity contribution in [3.8, 4) is 12.8 Å². The van der Waals surface area contributed by atoms with Crippen LogP contribution in [0, 0.1) is 18.3 Å². The Hall–Kier alpha value is -0.970. The minimum Gasteiger partial charge on any atom is -0.465 e. The van der Waals surface area contributed by atoms with Crippen LogP contribution in [0.1, 0.15) is 20.3 Å². The molecule has 0 aliphatic carbocycles. The summed E-state index contributed by atoms with van der Waals surface area (Å²) >= 11 is 0. The topological polar surface area (TPSA) is 26.3 Å². The third-order valence-electron chi connectivity index (χ3n) is 1.25. The van der Waals surface area contributed by atoms with Gasteiger partial charge in [0.05, 0.1) is 13.0 Å². The molecule has 1 rings (SSSR count). The van der Waals surface area contributed by atoms with E-state index < -0.39 is 0 Å². The largest absolute Gasteiger partial charge is 0.465 e. The smallest absolute Gasteiger partial charge is 0.306 e. The van der Waals surface area contributed by atoms with Gasteiger partial charge in [0.15, 0.2) is 0 Å². The summed E-state index contributed by atoms with van der Waals surface area (Å²) in [6, 6.07) is 0. The molecule has 1 saturated heterocycles. The predicted molar refractivity (Wildman–Crippen MR) is 39.2 cm³/mol. The summed E-state index contributed by atoms with van der Waals surface area (Å²) in [7, 11) is 0. The number of carbonyl (C=O) groups excluding carboxylic acids is 1. The summed E-state index contributed by atoms with van der Waals surface area (Å²) in [4.78, 5) is 10.4. The molecule has 0 saturated carbocycles. The number of ether oxygens (including phenoxy) is 1. The molecule has 56 valence electrons. The Labute approximate surface area is 61.6 Å². The first-order chi connectivity index (χ1) is 4.60. The zero-order valence-electron chi connectivity index (χ0n) is 6.39. The number of carbonyl (C=O) groups is 1. The summed E-state index contributed by atoms with van der Waals surface area (Å²) in [5, 5.41) is 0. The van der Waals surface area contributed by atoms with E-state index >= 15 is 0 Å². The van der Waals surface area contributed by atoms with Gasteiger partial charge in [-0.05, 0) is 0 Å². The quantitative estimate of drug-likeness (QED) is 0.373. The van der Waals surface area contributed by atoms with Crippen molar-refractivity contribution >= 4 is 5.97 Å². The van der Waals surface area contributed by atoms with Gasteiger partial charge in [-0.15, -0.1) is 12.8 Å². The lowest BCUT2D eigenvalue weighted by molar-refractivity contribution is -0.137. The number of esters is 1. The highest BCUT2D eigenvalue weighted by molar-refractivity contribution is 5.72. The van der Waals surface area contributed by atoms with Crippen molar-refractivity contribution in [2.24, 2.45) is 5.41 Å². The van der Waals surface area contributed by atoms with Crippen molar-refractivity contribution in [2.45, 2.75) is 20.3 Å². The van der Waals surface area contributed by atoms with Gasteiger partial charge in [-0.1, -0.05) is 13.8 Å². The van der Waals surface area contributed by atoms with E-state index in [9.17, 15) is 4.79 Å². The predicted octanol–water partition coefficient (Wildman–Crippen LogP) is 1.21. The lowest BCUT2D eigenvalue weighted by Crippen LogP contribution is -2.08. The van der Waals surface area contributed by atoms with Crippen molar-refractivity contribution in [3.05, 3.63) is 0 Å². The third-order valence-corrected chi connectivity index (χ3v) is 1.25. The maximum Gasteiger partial charge on any atom is 0.306 e. The van der Waals surface area contributed by atoms with Crippen LogP contribution in [0.25, 0.3) is 0 Å². The maximum absolute atomic E-state index is 10.4. The molecule has 0 aromatic heterocycles. The van der Waals surface area contributed by atoms with E-state index in [1.165, 1.54) is 0 Å². The van der Waals surface area contributed by atoms with Crippen LogP contribution < -0.4 is 0 Å². The molecular weight excluding hydrogens is 128 g/mol. The van der Waals surface area contributed by atoms with Crippen LogP contribution in [0.15, 0.2) is 0 Å². The average molecular weight is 140 g/mol. The van der Waals surface area contributed by atoms with Crippen LogP contribution in [0.4, 0.5) is 0 Å². The van der Waals surface area contributed by atoms with E-state index in [1.54, 1.807) is 0 Å². The molecule has 0 radical (unpaired) electrons. The zero-order valence-corrected chi connectivity index (χ0v) is 6.39. The number of terminal acetylenes is 1. The number of rotatable bonds is 0. The Balaban J connectivity index is 0.000000371. The monoisotopic (exact) mass is 140 g/mol. The molecule has 0 aromatic rings. The molecule has 0 unspecified atom stereocenters. The lowest BCUT2D eigenvalue weighted by atomic mass is 9.93. The van der Waals surface area contributed by atoms with E-state index in [4.69, 9.17) is 4.74 Å². The highest BCUT2D eigenvalue weighted by Crippen LogP contribution is 2.26. The Morgan fingerprint density at radius 3 is 2.10 bits per heavy atom. The summed E-state index contributed by atoms with van der Waals surface area (Å²) in [6.07, 6.45) is 8.58. The van der Waals surface area contributed by atoms with Gasteiger partial charge in [-0.3, -0.25) is 4.79 Å². The van der Waals surface area contributed by atoms with Gasteiger partial charge < -0.3 is 4.74 Å². The Morgan fingerprint density at radius 1 is 1.50 bits per heavy atom. The standard InChI is InChI=1S/C6H10O2.C2H2/c1-6(2)3-5(7)8-4-6;1-2/h3-4H2,1-2H3;1-2H. The summed E-state index contributed by atoms with van der Waals surface area (Å²) in [6.45, 7) is 4.64. The van der Waals surface area contributed by atoms with Crippen LogP contribution in [0.3, 0.4) is 0 Å². The fourth-order valence-corrected chi connectivity index (χ4v) is 0.769. The van der Waals surface area contributed by atoms with E-state index in [1.807, 2.05) is 13.8 Å².